The zero-order valence-electron chi connectivity index (χ0n) is 12.3. The highest BCUT2D eigenvalue weighted by Gasteiger charge is 2.10. The van der Waals surface area contributed by atoms with Gasteiger partial charge in [-0.1, -0.05) is 0 Å². The fourth-order valence-corrected chi connectivity index (χ4v) is 2.72. The topological polar surface area (TPSA) is 60.2 Å². The molecule has 0 saturated heterocycles. The zero-order chi connectivity index (χ0) is 14.7. The summed E-state index contributed by atoms with van der Waals surface area (Å²) in [7, 11) is 1.89. The van der Waals surface area contributed by atoms with Crippen molar-refractivity contribution in [3.8, 4) is 0 Å². The third-order valence-corrected chi connectivity index (χ3v) is 4.01. The zero-order valence-corrected chi connectivity index (χ0v) is 13.1. The van der Waals surface area contributed by atoms with Crippen molar-refractivity contribution >= 4 is 22.8 Å². The molecule has 0 aliphatic rings. The Kier molecular flexibility index (Phi) is 5.01. The molecule has 20 heavy (non-hydrogen) atoms. The van der Waals surface area contributed by atoms with Gasteiger partial charge in [0.2, 0.25) is 0 Å². The fraction of sp³-hybridized carbons (Fsp3) is 0.571. The second-order valence-electron chi connectivity index (χ2n) is 5.10. The van der Waals surface area contributed by atoms with Gasteiger partial charge in [0.05, 0.1) is 24.5 Å². The summed E-state index contributed by atoms with van der Waals surface area (Å²) in [5.74, 6) is 0.596. The van der Waals surface area contributed by atoms with Crippen LogP contribution in [-0.2, 0) is 11.8 Å². The molecule has 0 radical (unpaired) electrons. The number of hydrogen-bond donors (Lipinski definition) is 1. The van der Waals surface area contributed by atoms with Crippen molar-refractivity contribution in [2.45, 2.75) is 37.9 Å². The third-order valence-electron chi connectivity index (χ3n) is 2.90. The van der Waals surface area contributed by atoms with Gasteiger partial charge >= 0.3 is 0 Å². The SMILES string of the molecule is Cc1nn(C)c2ncc(SC[C@H](O)COC(C)C)cc12. The smallest absolute Gasteiger partial charge is 0.157 e. The molecule has 2 heterocycles. The summed E-state index contributed by atoms with van der Waals surface area (Å²) < 4.78 is 7.17. The van der Waals surface area contributed by atoms with Gasteiger partial charge in [0.1, 0.15) is 0 Å². The molecule has 0 unspecified atom stereocenters. The van der Waals surface area contributed by atoms with Gasteiger partial charge in [-0.25, -0.2) is 4.98 Å². The van der Waals surface area contributed by atoms with Crippen LogP contribution in [0, 0.1) is 6.92 Å². The first kappa shape index (κ1) is 15.3. The Balaban J connectivity index is 1.98. The molecule has 2 rings (SSSR count). The number of fused-ring (bicyclic) bond motifs is 1. The summed E-state index contributed by atoms with van der Waals surface area (Å²) in [6.45, 7) is 6.27. The van der Waals surface area contributed by atoms with Crippen LogP contribution in [0.5, 0.6) is 0 Å². The maximum atomic E-state index is 9.85. The van der Waals surface area contributed by atoms with Crippen LogP contribution < -0.4 is 0 Å². The van der Waals surface area contributed by atoms with Gasteiger partial charge in [0, 0.05) is 29.3 Å². The van der Waals surface area contributed by atoms with Crippen molar-refractivity contribution in [3.63, 3.8) is 0 Å². The largest absolute Gasteiger partial charge is 0.390 e. The maximum Gasteiger partial charge on any atom is 0.157 e. The molecule has 0 amide bonds. The van der Waals surface area contributed by atoms with Crippen LogP contribution in [0.1, 0.15) is 19.5 Å². The first-order chi connectivity index (χ1) is 9.47. The number of thioether (sulfide) groups is 1. The van der Waals surface area contributed by atoms with Gasteiger partial charge in [0.15, 0.2) is 5.65 Å². The molecule has 110 valence electrons. The number of aromatic nitrogens is 3. The molecule has 1 atom stereocenters. The molecule has 0 aliphatic heterocycles. The summed E-state index contributed by atoms with van der Waals surface area (Å²) in [5, 5.41) is 15.3. The van der Waals surface area contributed by atoms with E-state index < -0.39 is 6.10 Å². The van der Waals surface area contributed by atoms with E-state index >= 15 is 0 Å². The molecule has 6 heteroatoms. The number of ether oxygens (including phenoxy) is 1. The highest BCUT2D eigenvalue weighted by Crippen LogP contribution is 2.24. The van der Waals surface area contributed by atoms with E-state index in [2.05, 4.69) is 16.1 Å². The molecule has 0 spiro atoms. The number of aliphatic hydroxyl groups is 1. The van der Waals surface area contributed by atoms with Crippen LogP contribution in [0.4, 0.5) is 0 Å². The van der Waals surface area contributed by atoms with E-state index in [1.807, 2.05) is 34.0 Å². The van der Waals surface area contributed by atoms with Crippen molar-refractivity contribution in [3.05, 3.63) is 18.0 Å². The summed E-state index contributed by atoms with van der Waals surface area (Å²) in [5.41, 5.74) is 1.86. The lowest BCUT2D eigenvalue weighted by Gasteiger charge is -2.13. The Hall–Kier alpha value is -1.11. The fourth-order valence-electron chi connectivity index (χ4n) is 1.91. The van der Waals surface area contributed by atoms with Crippen molar-refractivity contribution in [1.29, 1.82) is 0 Å². The Labute approximate surface area is 123 Å². The van der Waals surface area contributed by atoms with Crippen LogP contribution in [-0.4, -0.2) is 44.4 Å². The number of pyridine rings is 1. The average Bonchev–Trinajstić information content (AvgIpc) is 2.69. The third kappa shape index (κ3) is 3.71. The van der Waals surface area contributed by atoms with Gasteiger partial charge < -0.3 is 9.84 Å². The molecule has 5 nitrogen and oxygen atoms in total. The van der Waals surface area contributed by atoms with Gasteiger partial charge in [-0.3, -0.25) is 4.68 Å². The lowest BCUT2D eigenvalue weighted by atomic mass is 10.3. The van der Waals surface area contributed by atoms with E-state index in [1.165, 1.54) is 0 Å². The number of rotatable bonds is 6. The van der Waals surface area contributed by atoms with Crippen LogP contribution in [0.15, 0.2) is 17.2 Å². The van der Waals surface area contributed by atoms with Crippen molar-refractivity contribution < 1.29 is 9.84 Å². The number of aryl methyl sites for hydroxylation is 2. The molecule has 2 aromatic heterocycles. The van der Waals surface area contributed by atoms with Gasteiger partial charge in [-0.2, -0.15) is 5.10 Å². The first-order valence-electron chi connectivity index (χ1n) is 6.69. The van der Waals surface area contributed by atoms with E-state index in [-0.39, 0.29) is 6.10 Å². The van der Waals surface area contributed by atoms with Crippen LogP contribution >= 0.6 is 11.8 Å². The van der Waals surface area contributed by atoms with Crippen molar-refractivity contribution in [2.75, 3.05) is 12.4 Å². The predicted molar refractivity (Wildman–Crippen MR) is 81.1 cm³/mol. The number of hydrogen-bond acceptors (Lipinski definition) is 5. The highest BCUT2D eigenvalue weighted by molar-refractivity contribution is 7.99. The molecule has 0 aliphatic carbocycles. The Morgan fingerprint density at radius 2 is 2.20 bits per heavy atom. The van der Waals surface area contributed by atoms with Gasteiger partial charge in [-0.05, 0) is 26.8 Å². The molecule has 2 aromatic rings. The quantitative estimate of drug-likeness (QED) is 0.828. The predicted octanol–water partition coefficient (Wildman–Crippen LogP) is 2.15. The standard InChI is InChI=1S/C14H21N3O2S/c1-9(2)19-7-11(18)8-20-12-5-13-10(3)16-17(4)14(13)15-6-12/h5-6,9,11,18H,7-8H2,1-4H3/t11-/m1/s1. The Morgan fingerprint density at radius 1 is 1.45 bits per heavy atom. The molecule has 0 aromatic carbocycles. The van der Waals surface area contributed by atoms with Crippen LogP contribution in [0.3, 0.4) is 0 Å². The first-order valence-corrected chi connectivity index (χ1v) is 7.67. The highest BCUT2D eigenvalue weighted by atomic mass is 32.2. The summed E-state index contributed by atoms with van der Waals surface area (Å²) in [6.07, 6.45) is 1.50. The van der Waals surface area contributed by atoms with E-state index in [0.29, 0.717) is 12.4 Å². The molecular weight excluding hydrogens is 274 g/mol. The normalized spacial score (nSPS) is 13.3. The summed E-state index contributed by atoms with van der Waals surface area (Å²) in [6, 6.07) is 2.07. The molecular formula is C14H21N3O2S. The van der Waals surface area contributed by atoms with Gasteiger partial charge in [-0.15, -0.1) is 11.8 Å². The Morgan fingerprint density at radius 3 is 2.90 bits per heavy atom. The number of nitrogens with zero attached hydrogens (tertiary/aromatic N) is 3. The molecule has 0 fully saturated rings. The second kappa shape index (κ2) is 6.56. The van der Waals surface area contributed by atoms with Gasteiger partial charge in [0.25, 0.3) is 0 Å². The monoisotopic (exact) mass is 295 g/mol. The minimum absolute atomic E-state index is 0.144. The maximum absolute atomic E-state index is 9.85. The summed E-state index contributed by atoms with van der Waals surface area (Å²) in [4.78, 5) is 5.46. The van der Waals surface area contributed by atoms with Crippen molar-refractivity contribution in [1.82, 2.24) is 14.8 Å². The van der Waals surface area contributed by atoms with Crippen LogP contribution in [0.2, 0.25) is 0 Å². The van der Waals surface area contributed by atoms with E-state index in [1.54, 1.807) is 16.4 Å². The molecule has 0 bridgehead atoms. The molecule has 0 saturated carbocycles. The van der Waals surface area contributed by atoms with E-state index in [4.69, 9.17) is 4.74 Å². The van der Waals surface area contributed by atoms with Crippen LogP contribution in [0.25, 0.3) is 11.0 Å². The van der Waals surface area contributed by atoms with Crippen molar-refractivity contribution in [2.24, 2.45) is 7.05 Å². The minimum Gasteiger partial charge on any atom is -0.390 e. The minimum atomic E-state index is -0.465. The lowest BCUT2D eigenvalue weighted by Crippen LogP contribution is -2.20. The second-order valence-corrected chi connectivity index (χ2v) is 6.19. The lowest BCUT2D eigenvalue weighted by molar-refractivity contribution is 0.0152. The van der Waals surface area contributed by atoms with E-state index in [9.17, 15) is 5.11 Å². The average molecular weight is 295 g/mol. The van der Waals surface area contributed by atoms with E-state index in [0.717, 1.165) is 21.6 Å². The molecule has 1 N–H and O–H groups in total. The summed E-state index contributed by atoms with van der Waals surface area (Å²) >= 11 is 1.58. The number of aliphatic hydroxyl groups excluding tert-OH is 1. The Bertz CT molecular complexity index is 583.